The van der Waals surface area contributed by atoms with Crippen molar-refractivity contribution >= 4 is 39.3 Å². The highest BCUT2D eigenvalue weighted by atomic mass is 79.9. The van der Waals surface area contributed by atoms with E-state index in [9.17, 15) is 13.6 Å². The van der Waals surface area contributed by atoms with Gasteiger partial charge in [-0.1, -0.05) is 15.9 Å². The van der Waals surface area contributed by atoms with Gasteiger partial charge in [-0.15, -0.1) is 0 Å². The van der Waals surface area contributed by atoms with E-state index >= 15 is 0 Å². The first-order chi connectivity index (χ1) is 9.06. The monoisotopic (exact) mass is 350 g/mol. The number of hydrogen-bond donors (Lipinski definition) is 2. The predicted octanol–water partition coefficient (Wildman–Crippen LogP) is 2.76. The van der Waals surface area contributed by atoms with Crippen LogP contribution < -0.4 is 10.6 Å². The largest absolute Gasteiger partial charge is 0.321 e. The minimum Gasteiger partial charge on any atom is -0.321 e. The zero-order valence-corrected chi connectivity index (χ0v) is 12.4. The fourth-order valence-electron chi connectivity index (χ4n) is 1.83. The highest BCUT2D eigenvalue weighted by Gasteiger charge is 2.19. The van der Waals surface area contributed by atoms with Gasteiger partial charge in [-0.05, 0) is 12.1 Å². The van der Waals surface area contributed by atoms with E-state index in [1.165, 1.54) is 0 Å². The van der Waals surface area contributed by atoms with Crippen molar-refractivity contribution in [3.63, 3.8) is 0 Å². The maximum absolute atomic E-state index is 13.5. The zero-order valence-electron chi connectivity index (χ0n) is 10.0. The molecular weight excluding hydrogens is 338 g/mol. The second-order valence-corrected chi connectivity index (χ2v) is 6.29. The Labute approximate surface area is 122 Å². The number of halogens is 3. The average molecular weight is 351 g/mol. The summed E-state index contributed by atoms with van der Waals surface area (Å²) < 4.78 is 27.4. The standard InChI is InChI=1S/C12H13BrF2N2OS/c13-7-3-9(14)12(10(15)4-7)17-11(18)5-8-6-19-2-1-16-8/h3-4,8,16H,1-2,5-6H2,(H,17,18). The van der Waals surface area contributed by atoms with Gasteiger partial charge in [-0.2, -0.15) is 11.8 Å². The molecule has 1 fully saturated rings. The highest BCUT2D eigenvalue weighted by Crippen LogP contribution is 2.24. The van der Waals surface area contributed by atoms with Gasteiger partial charge in [0, 0.05) is 35.0 Å². The molecular formula is C12H13BrF2N2OS. The molecule has 1 aromatic carbocycles. The van der Waals surface area contributed by atoms with E-state index in [0.29, 0.717) is 4.47 Å². The Bertz CT molecular complexity index is 458. The molecule has 1 unspecified atom stereocenters. The van der Waals surface area contributed by atoms with E-state index in [-0.39, 0.29) is 18.4 Å². The Morgan fingerprint density at radius 3 is 2.74 bits per heavy atom. The molecule has 104 valence electrons. The Morgan fingerprint density at radius 1 is 1.47 bits per heavy atom. The maximum Gasteiger partial charge on any atom is 0.226 e. The van der Waals surface area contributed by atoms with Crippen LogP contribution in [0.1, 0.15) is 6.42 Å². The van der Waals surface area contributed by atoms with E-state index in [2.05, 4.69) is 26.6 Å². The van der Waals surface area contributed by atoms with Crippen molar-refractivity contribution < 1.29 is 13.6 Å². The summed E-state index contributed by atoms with van der Waals surface area (Å²) in [6.07, 6.45) is 0.210. The van der Waals surface area contributed by atoms with Crippen molar-refractivity contribution in [2.45, 2.75) is 12.5 Å². The summed E-state index contributed by atoms with van der Waals surface area (Å²) in [4.78, 5) is 11.8. The van der Waals surface area contributed by atoms with Gasteiger partial charge in [0.25, 0.3) is 0 Å². The third-order valence-corrected chi connectivity index (χ3v) is 4.29. The molecule has 0 aromatic heterocycles. The quantitative estimate of drug-likeness (QED) is 0.880. The molecule has 2 rings (SSSR count). The molecule has 0 spiro atoms. The Morgan fingerprint density at radius 2 is 2.16 bits per heavy atom. The SMILES string of the molecule is O=C(CC1CSCCN1)Nc1c(F)cc(Br)cc1F. The molecule has 1 aliphatic rings. The van der Waals surface area contributed by atoms with Crippen molar-refractivity contribution in [1.29, 1.82) is 0 Å². The molecule has 1 aliphatic heterocycles. The molecule has 1 amide bonds. The van der Waals surface area contributed by atoms with Crippen molar-refractivity contribution in [2.24, 2.45) is 0 Å². The molecule has 2 N–H and O–H groups in total. The van der Waals surface area contributed by atoms with Gasteiger partial charge in [0.1, 0.15) is 5.69 Å². The third-order valence-electron chi connectivity index (χ3n) is 2.70. The van der Waals surface area contributed by atoms with Gasteiger partial charge in [-0.25, -0.2) is 8.78 Å². The summed E-state index contributed by atoms with van der Waals surface area (Å²) in [7, 11) is 0. The number of thioether (sulfide) groups is 1. The van der Waals surface area contributed by atoms with E-state index in [0.717, 1.165) is 30.2 Å². The van der Waals surface area contributed by atoms with Crippen LogP contribution in [0.2, 0.25) is 0 Å². The molecule has 7 heteroatoms. The highest BCUT2D eigenvalue weighted by molar-refractivity contribution is 9.10. The molecule has 1 aromatic rings. The van der Waals surface area contributed by atoms with Crippen LogP contribution >= 0.6 is 27.7 Å². The lowest BCUT2D eigenvalue weighted by atomic mass is 10.2. The zero-order chi connectivity index (χ0) is 13.8. The first kappa shape index (κ1) is 14.7. The van der Waals surface area contributed by atoms with Crippen molar-refractivity contribution in [2.75, 3.05) is 23.4 Å². The van der Waals surface area contributed by atoms with Crippen LogP contribution in [0.3, 0.4) is 0 Å². The number of amides is 1. The second-order valence-electron chi connectivity index (χ2n) is 4.22. The van der Waals surface area contributed by atoms with E-state index in [4.69, 9.17) is 0 Å². The lowest BCUT2D eigenvalue weighted by Gasteiger charge is -2.22. The number of hydrogen-bond acceptors (Lipinski definition) is 3. The van der Waals surface area contributed by atoms with Crippen LogP contribution in [0.5, 0.6) is 0 Å². The Balaban J connectivity index is 1.98. The number of carbonyl (C=O) groups is 1. The lowest BCUT2D eigenvalue weighted by molar-refractivity contribution is -0.116. The second kappa shape index (κ2) is 6.67. The van der Waals surface area contributed by atoms with Crippen molar-refractivity contribution in [1.82, 2.24) is 5.32 Å². The van der Waals surface area contributed by atoms with Gasteiger partial charge in [-0.3, -0.25) is 4.79 Å². The summed E-state index contributed by atoms with van der Waals surface area (Å²) in [6, 6.07) is 2.29. The first-order valence-electron chi connectivity index (χ1n) is 5.82. The third kappa shape index (κ3) is 4.15. The van der Waals surface area contributed by atoms with Gasteiger partial charge in [0.05, 0.1) is 0 Å². The number of anilines is 1. The summed E-state index contributed by atoms with van der Waals surface area (Å²) in [5, 5.41) is 5.49. The summed E-state index contributed by atoms with van der Waals surface area (Å²) in [5.41, 5.74) is -0.392. The van der Waals surface area contributed by atoms with Crippen LogP contribution in [0, 0.1) is 11.6 Å². The minimum atomic E-state index is -0.786. The molecule has 0 aliphatic carbocycles. The smallest absolute Gasteiger partial charge is 0.226 e. The van der Waals surface area contributed by atoms with Crippen LogP contribution in [0.25, 0.3) is 0 Å². The van der Waals surface area contributed by atoms with Crippen LogP contribution in [-0.4, -0.2) is 30.0 Å². The Hall–Kier alpha value is -0.660. The fourth-order valence-corrected chi connectivity index (χ4v) is 3.18. The lowest BCUT2D eigenvalue weighted by Crippen LogP contribution is -2.40. The summed E-state index contributed by atoms with van der Waals surface area (Å²) >= 11 is 4.75. The fraction of sp³-hybridized carbons (Fsp3) is 0.417. The number of benzene rings is 1. The normalized spacial score (nSPS) is 19.2. The van der Waals surface area contributed by atoms with Crippen molar-refractivity contribution in [3.8, 4) is 0 Å². The molecule has 1 heterocycles. The summed E-state index contributed by atoms with van der Waals surface area (Å²) in [6.45, 7) is 0.851. The molecule has 1 saturated heterocycles. The van der Waals surface area contributed by atoms with Crippen molar-refractivity contribution in [3.05, 3.63) is 28.2 Å². The number of carbonyl (C=O) groups excluding carboxylic acids is 1. The topological polar surface area (TPSA) is 41.1 Å². The number of nitrogens with one attached hydrogen (secondary N) is 2. The minimum absolute atomic E-state index is 0.0559. The predicted molar refractivity (Wildman–Crippen MR) is 76.4 cm³/mol. The van der Waals surface area contributed by atoms with Crippen LogP contribution in [0.4, 0.5) is 14.5 Å². The molecule has 0 radical (unpaired) electrons. The summed E-state index contributed by atoms with van der Waals surface area (Å²) in [5.74, 6) is -0.107. The van der Waals surface area contributed by atoms with E-state index in [1.807, 2.05) is 0 Å². The maximum atomic E-state index is 13.5. The van der Waals surface area contributed by atoms with Gasteiger partial charge in [0.15, 0.2) is 11.6 Å². The molecule has 1 atom stereocenters. The first-order valence-corrected chi connectivity index (χ1v) is 7.76. The molecule has 3 nitrogen and oxygen atoms in total. The van der Waals surface area contributed by atoms with Gasteiger partial charge >= 0.3 is 0 Å². The van der Waals surface area contributed by atoms with E-state index < -0.39 is 17.3 Å². The van der Waals surface area contributed by atoms with Gasteiger partial charge in [0.2, 0.25) is 5.91 Å². The van der Waals surface area contributed by atoms with Crippen LogP contribution in [0.15, 0.2) is 16.6 Å². The van der Waals surface area contributed by atoms with Gasteiger partial charge < -0.3 is 10.6 Å². The number of rotatable bonds is 3. The average Bonchev–Trinajstić information content (AvgIpc) is 2.35. The van der Waals surface area contributed by atoms with E-state index in [1.54, 1.807) is 11.8 Å². The molecule has 0 saturated carbocycles. The molecule has 0 bridgehead atoms. The van der Waals surface area contributed by atoms with Crippen LogP contribution in [-0.2, 0) is 4.79 Å². The molecule has 19 heavy (non-hydrogen) atoms. The Kier molecular flexibility index (Phi) is 5.18.